The molecule has 0 bridgehead atoms. The van der Waals surface area contributed by atoms with Crippen molar-refractivity contribution >= 4 is 15.9 Å². The molecule has 1 aliphatic carbocycles. The van der Waals surface area contributed by atoms with Crippen molar-refractivity contribution in [2.45, 2.75) is 48.8 Å². The molecule has 2 aromatic carbocycles. The highest BCUT2D eigenvalue weighted by molar-refractivity contribution is 7.89. The van der Waals surface area contributed by atoms with Crippen molar-refractivity contribution in [1.82, 2.24) is 10.0 Å². The number of benzene rings is 2. The van der Waals surface area contributed by atoms with Gasteiger partial charge < -0.3 is 10.4 Å². The first kappa shape index (κ1) is 24.2. The lowest BCUT2D eigenvalue weighted by Gasteiger charge is -2.29. The van der Waals surface area contributed by atoms with Gasteiger partial charge in [-0.05, 0) is 55.5 Å². The van der Waals surface area contributed by atoms with E-state index < -0.39 is 33.8 Å². The van der Waals surface area contributed by atoms with E-state index in [2.05, 4.69) is 10.0 Å². The summed E-state index contributed by atoms with van der Waals surface area (Å²) in [6.07, 6.45) is -2.78. The van der Waals surface area contributed by atoms with E-state index in [9.17, 15) is 31.5 Å². The molecule has 0 saturated heterocycles. The van der Waals surface area contributed by atoms with Crippen molar-refractivity contribution in [3.63, 3.8) is 0 Å². The molecule has 3 rings (SSSR count). The second-order valence-corrected chi connectivity index (χ2v) is 9.56. The zero-order valence-corrected chi connectivity index (χ0v) is 18.0. The number of rotatable bonds is 7. The molecule has 0 spiro atoms. The van der Waals surface area contributed by atoms with Crippen LogP contribution in [0.3, 0.4) is 0 Å². The Morgan fingerprint density at radius 2 is 1.59 bits per heavy atom. The molecule has 0 unspecified atom stereocenters. The van der Waals surface area contributed by atoms with Crippen LogP contribution in [0.2, 0.25) is 0 Å². The van der Waals surface area contributed by atoms with E-state index in [1.807, 2.05) is 30.3 Å². The zero-order chi connectivity index (χ0) is 23.4. The zero-order valence-electron chi connectivity index (χ0n) is 17.2. The van der Waals surface area contributed by atoms with Crippen LogP contribution in [0.25, 0.3) is 0 Å². The number of carbonyl (C=O) groups excluding carboxylic acids is 1. The molecule has 10 heteroatoms. The molecule has 174 valence electrons. The van der Waals surface area contributed by atoms with Crippen molar-refractivity contribution < 1.29 is 31.5 Å². The first-order valence-corrected chi connectivity index (χ1v) is 11.7. The Kier molecular flexibility index (Phi) is 7.58. The van der Waals surface area contributed by atoms with E-state index in [0.29, 0.717) is 25.7 Å². The second-order valence-electron chi connectivity index (χ2n) is 7.85. The number of aliphatic hydroxyl groups is 1. The van der Waals surface area contributed by atoms with Crippen molar-refractivity contribution in [2.24, 2.45) is 5.92 Å². The lowest BCUT2D eigenvalue weighted by Crippen LogP contribution is -2.42. The summed E-state index contributed by atoms with van der Waals surface area (Å²) in [4.78, 5) is 12.4. The molecular weight excluding hydrogens is 445 g/mol. The molecule has 1 amide bonds. The van der Waals surface area contributed by atoms with E-state index in [1.54, 1.807) is 0 Å². The van der Waals surface area contributed by atoms with Crippen molar-refractivity contribution in [3.8, 4) is 0 Å². The highest BCUT2D eigenvalue weighted by Crippen LogP contribution is 2.30. The Morgan fingerprint density at radius 1 is 1.00 bits per heavy atom. The van der Waals surface area contributed by atoms with E-state index in [1.165, 1.54) is 0 Å². The van der Waals surface area contributed by atoms with Crippen molar-refractivity contribution in [2.75, 3.05) is 6.61 Å². The summed E-state index contributed by atoms with van der Waals surface area (Å²) in [5, 5.41) is 12.5. The first-order valence-electron chi connectivity index (χ1n) is 10.3. The van der Waals surface area contributed by atoms with Crippen LogP contribution >= 0.6 is 0 Å². The quantitative estimate of drug-likeness (QED) is 0.578. The highest BCUT2D eigenvalue weighted by atomic mass is 32.2. The standard InChI is InChI=1S/C22H25F3N2O4S/c23-22(24,25)17-8-12-19(13-9-17)32(30,31)27-18-10-6-16(7-11-18)21(29)26-20(14-28)15-4-2-1-3-5-15/h1-5,8-9,12-13,16,18,20,27-28H,6-7,10-11,14H2,(H,26,29)/t16?,18?,20-/m1/s1. The third kappa shape index (κ3) is 6.08. The second kappa shape index (κ2) is 10.0. The predicted molar refractivity (Wildman–Crippen MR) is 112 cm³/mol. The maximum atomic E-state index is 12.7. The molecule has 0 aliphatic heterocycles. The minimum Gasteiger partial charge on any atom is -0.394 e. The summed E-state index contributed by atoms with van der Waals surface area (Å²) in [5.41, 5.74) is -0.124. The number of sulfonamides is 1. The average Bonchev–Trinajstić information content (AvgIpc) is 2.77. The first-order chi connectivity index (χ1) is 15.1. The number of alkyl halides is 3. The summed E-state index contributed by atoms with van der Waals surface area (Å²) in [7, 11) is -3.97. The van der Waals surface area contributed by atoms with Gasteiger partial charge in [-0.3, -0.25) is 4.79 Å². The summed E-state index contributed by atoms with van der Waals surface area (Å²) in [6, 6.07) is 11.5. The molecule has 32 heavy (non-hydrogen) atoms. The van der Waals surface area contributed by atoms with Gasteiger partial charge >= 0.3 is 6.18 Å². The molecule has 6 nitrogen and oxygen atoms in total. The van der Waals surface area contributed by atoms with Crippen LogP contribution in [0.15, 0.2) is 59.5 Å². The fourth-order valence-corrected chi connectivity index (χ4v) is 5.10. The van der Waals surface area contributed by atoms with Crippen LogP contribution in [-0.4, -0.2) is 32.1 Å². The Hall–Kier alpha value is -2.43. The average molecular weight is 471 g/mol. The Labute approximate surface area is 184 Å². The molecule has 1 atom stereocenters. The number of aliphatic hydroxyl groups excluding tert-OH is 1. The largest absolute Gasteiger partial charge is 0.416 e. The number of amides is 1. The Morgan fingerprint density at radius 3 is 2.12 bits per heavy atom. The highest BCUT2D eigenvalue weighted by Gasteiger charge is 2.32. The van der Waals surface area contributed by atoms with Gasteiger partial charge in [0.15, 0.2) is 0 Å². The van der Waals surface area contributed by atoms with Gasteiger partial charge in [0.1, 0.15) is 0 Å². The Bertz CT molecular complexity index is 1000. The molecule has 1 fully saturated rings. The summed E-state index contributed by atoms with van der Waals surface area (Å²) in [6.45, 7) is -0.238. The van der Waals surface area contributed by atoms with Gasteiger partial charge in [-0.2, -0.15) is 13.2 Å². The third-order valence-corrected chi connectivity index (χ3v) is 7.15. The minimum absolute atomic E-state index is 0.197. The molecule has 0 radical (unpaired) electrons. The number of nitrogens with one attached hydrogen (secondary N) is 2. The minimum atomic E-state index is -4.54. The molecule has 0 aromatic heterocycles. The lowest BCUT2D eigenvalue weighted by molar-refractivity contribution is -0.137. The van der Waals surface area contributed by atoms with Gasteiger partial charge in [0, 0.05) is 12.0 Å². The molecule has 1 aliphatic rings. The smallest absolute Gasteiger partial charge is 0.394 e. The van der Waals surface area contributed by atoms with Crippen LogP contribution in [0, 0.1) is 5.92 Å². The van der Waals surface area contributed by atoms with Crippen LogP contribution in [0.4, 0.5) is 13.2 Å². The van der Waals surface area contributed by atoms with Gasteiger partial charge in [-0.1, -0.05) is 30.3 Å². The summed E-state index contributed by atoms with van der Waals surface area (Å²) < 4.78 is 65.6. The molecule has 2 aromatic rings. The van der Waals surface area contributed by atoms with Gasteiger partial charge in [0.2, 0.25) is 15.9 Å². The van der Waals surface area contributed by atoms with Crippen molar-refractivity contribution in [3.05, 3.63) is 65.7 Å². The molecule has 0 heterocycles. The van der Waals surface area contributed by atoms with Gasteiger partial charge in [-0.15, -0.1) is 0 Å². The predicted octanol–water partition coefficient (Wildman–Crippen LogP) is 3.39. The monoisotopic (exact) mass is 470 g/mol. The van der Waals surface area contributed by atoms with E-state index in [0.717, 1.165) is 29.8 Å². The lowest BCUT2D eigenvalue weighted by atomic mass is 9.85. The van der Waals surface area contributed by atoms with Gasteiger partial charge in [0.25, 0.3) is 0 Å². The van der Waals surface area contributed by atoms with E-state index in [-0.39, 0.29) is 23.3 Å². The van der Waals surface area contributed by atoms with Crippen LogP contribution in [0.1, 0.15) is 42.9 Å². The third-order valence-electron chi connectivity index (χ3n) is 5.61. The number of halogens is 3. The van der Waals surface area contributed by atoms with Crippen LogP contribution in [0.5, 0.6) is 0 Å². The van der Waals surface area contributed by atoms with Crippen LogP contribution < -0.4 is 10.0 Å². The van der Waals surface area contributed by atoms with E-state index in [4.69, 9.17) is 0 Å². The Balaban J connectivity index is 1.54. The molecule has 3 N–H and O–H groups in total. The van der Waals surface area contributed by atoms with Crippen LogP contribution in [-0.2, 0) is 21.0 Å². The number of carbonyl (C=O) groups is 1. The normalized spacial score (nSPS) is 20.5. The maximum Gasteiger partial charge on any atom is 0.416 e. The number of hydrogen-bond donors (Lipinski definition) is 3. The SMILES string of the molecule is O=C(N[C@H](CO)c1ccccc1)C1CCC(NS(=O)(=O)c2ccc(C(F)(F)F)cc2)CC1. The van der Waals surface area contributed by atoms with Crippen molar-refractivity contribution in [1.29, 1.82) is 0 Å². The fraction of sp³-hybridized carbons (Fsp3) is 0.409. The van der Waals surface area contributed by atoms with Gasteiger partial charge in [-0.25, -0.2) is 13.1 Å². The maximum absolute atomic E-state index is 12.7. The number of hydrogen-bond acceptors (Lipinski definition) is 4. The molecule has 1 saturated carbocycles. The fourth-order valence-electron chi connectivity index (χ4n) is 3.79. The molecular formula is C22H25F3N2O4S. The summed E-state index contributed by atoms with van der Waals surface area (Å²) in [5.74, 6) is -0.503. The summed E-state index contributed by atoms with van der Waals surface area (Å²) >= 11 is 0. The topological polar surface area (TPSA) is 95.5 Å². The van der Waals surface area contributed by atoms with Gasteiger partial charge in [0.05, 0.1) is 23.1 Å². The van der Waals surface area contributed by atoms with E-state index >= 15 is 0 Å².